The number of aromatic amines is 1. The number of carboxylic acid groups (broad SMARTS) is 1. The fourth-order valence-corrected chi connectivity index (χ4v) is 2.59. The van der Waals surface area contributed by atoms with Crippen LogP contribution in [0.2, 0.25) is 0 Å². The summed E-state index contributed by atoms with van der Waals surface area (Å²) >= 11 is 0.680. The molecule has 1 aromatic heterocycles. The van der Waals surface area contributed by atoms with Crippen LogP contribution in [0, 0.1) is 0 Å². The number of thioether (sulfide) groups is 1. The standard InChI is InChI=1S/C15H13F3N4O4S/c1-6(13(25)26)27-14-21-10(19)9(12(24)22-14)20-11(23)7-2-4-8(5-3-7)15(16,17)18/h2-6H,1H3,(H,20,23)(H,25,26)(H3,19,21,22,24)/p-1/t6-/m0/s1. The zero-order valence-electron chi connectivity index (χ0n) is 13.6. The molecule has 2 aromatic rings. The summed E-state index contributed by atoms with van der Waals surface area (Å²) in [7, 11) is 0. The lowest BCUT2D eigenvalue weighted by Gasteiger charge is -2.12. The van der Waals surface area contributed by atoms with Crippen molar-refractivity contribution >= 4 is 35.1 Å². The average Bonchev–Trinajstić information content (AvgIpc) is 2.57. The van der Waals surface area contributed by atoms with Crippen molar-refractivity contribution in [3.63, 3.8) is 0 Å². The minimum Gasteiger partial charge on any atom is -0.549 e. The first-order valence-electron chi connectivity index (χ1n) is 7.25. The van der Waals surface area contributed by atoms with Gasteiger partial charge in [-0.25, -0.2) is 4.98 Å². The van der Waals surface area contributed by atoms with Crippen molar-refractivity contribution in [2.45, 2.75) is 23.5 Å². The Morgan fingerprint density at radius 2 is 1.89 bits per heavy atom. The minimum atomic E-state index is -4.55. The van der Waals surface area contributed by atoms with Crippen molar-refractivity contribution in [3.8, 4) is 0 Å². The lowest BCUT2D eigenvalue weighted by molar-refractivity contribution is -0.304. The number of hydrogen-bond donors (Lipinski definition) is 3. The van der Waals surface area contributed by atoms with Crippen molar-refractivity contribution in [3.05, 3.63) is 45.7 Å². The number of anilines is 2. The lowest BCUT2D eigenvalue weighted by atomic mass is 10.1. The lowest BCUT2D eigenvalue weighted by Crippen LogP contribution is -2.31. The van der Waals surface area contributed by atoms with Crippen LogP contribution in [0.15, 0.2) is 34.2 Å². The molecule has 4 N–H and O–H groups in total. The molecule has 0 bridgehead atoms. The van der Waals surface area contributed by atoms with Crippen LogP contribution >= 0.6 is 11.8 Å². The van der Waals surface area contributed by atoms with Gasteiger partial charge in [0.1, 0.15) is 5.69 Å². The van der Waals surface area contributed by atoms with Gasteiger partial charge in [0.05, 0.1) is 11.5 Å². The number of rotatable bonds is 5. The highest BCUT2D eigenvalue weighted by atomic mass is 32.2. The number of amides is 1. The molecule has 2 rings (SSSR count). The normalized spacial score (nSPS) is 12.4. The maximum atomic E-state index is 12.5. The first-order valence-corrected chi connectivity index (χ1v) is 8.13. The van der Waals surface area contributed by atoms with Gasteiger partial charge in [0, 0.05) is 10.8 Å². The molecular formula is C15H12F3N4O4S-. The highest BCUT2D eigenvalue weighted by Crippen LogP contribution is 2.29. The number of halogens is 3. The van der Waals surface area contributed by atoms with Crippen LogP contribution in [0.3, 0.4) is 0 Å². The SMILES string of the molecule is C[C@H](Sc1nc(N)c(NC(=O)c2ccc(C(F)(F)F)cc2)c(=O)[nH]1)C(=O)[O-]. The molecule has 0 spiro atoms. The molecule has 12 heteroatoms. The van der Waals surface area contributed by atoms with Crippen molar-refractivity contribution in [1.29, 1.82) is 0 Å². The van der Waals surface area contributed by atoms with E-state index in [1.54, 1.807) is 0 Å². The number of carboxylic acids is 1. The summed E-state index contributed by atoms with van der Waals surface area (Å²) in [6.45, 7) is 1.32. The maximum absolute atomic E-state index is 12.5. The number of carbonyl (C=O) groups is 2. The van der Waals surface area contributed by atoms with Crippen LogP contribution in [0.5, 0.6) is 0 Å². The largest absolute Gasteiger partial charge is 0.549 e. The molecule has 0 fully saturated rings. The summed E-state index contributed by atoms with van der Waals surface area (Å²) in [6, 6.07) is 3.34. The number of aromatic nitrogens is 2. The van der Waals surface area contributed by atoms with Crippen LogP contribution in [-0.2, 0) is 11.0 Å². The molecule has 144 valence electrons. The van der Waals surface area contributed by atoms with E-state index in [4.69, 9.17) is 5.73 Å². The second-order valence-electron chi connectivity index (χ2n) is 5.24. The summed E-state index contributed by atoms with van der Waals surface area (Å²) in [5.41, 5.74) is 3.29. The summed E-state index contributed by atoms with van der Waals surface area (Å²) in [5.74, 6) is -2.63. The number of carbonyl (C=O) groups excluding carboxylic acids is 2. The predicted octanol–water partition coefficient (Wildman–Crippen LogP) is 0.854. The van der Waals surface area contributed by atoms with Gasteiger partial charge in [0.25, 0.3) is 11.5 Å². The fraction of sp³-hybridized carbons (Fsp3) is 0.200. The van der Waals surface area contributed by atoms with Crippen LogP contribution in [0.4, 0.5) is 24.7 Å². The van der Waals surface area contributed by atoms with Gasteiger partial charge in [0.2, 0.25) is 0 Å². The molecule has 0 saturated heterocycles. The predicted molar refractivity (Wildman–Crippen MR) is 89.0 cm³/mol. The van der Waals surface area contributed by atoms with E-state index in [0.717, 1.165) is 24.3 Å². The molecule has 8 nitrogen and oxygen atoms in total. The minimum absolute atomic E-state index is 0.0956. The molecule has 0 radical (unpaired) electrons. The topological polar surface area (TPSA) is 141 Å². The van der Waals surface area contributed by atoms with Gasteiger partial charge in [-0.05, 0) is 31.2 Å². The molecule has 1 heterocycles. The molecule has 0 unspecified atom stereocenters. The zero-order valence-corrected chi connectivity index (χ0v) is 14.4. The fourth-order valence-electron chi connectivity index (χ4n) is 1.86. The highest BCUT2D eigenvalue weighted by Gasteiger charge is 2.30. The number of alkyl halides is 3. The molecular weight excluding hydrogens is 389 g/mol. The quantitative estimate of drug-likeness (QED) is 0.498. The van der Waals surface area contributed by atoms with Gasteiger partial charge >= 0.3 is 6.18 Å². The van der Waals surface area contributed by atoms with Gasteiger partial charge in [0.15, 0.2) is 11.0 Å². The molecule has 27 heavy (non-hydrogen) atoms. The Hall–Kier alpha value is -3.02. The summed E-state index contributed by atoms with van der Waals surface area (Å²) < 4.78 is 37.6. The monoisotopic (exact) mass is 401 g/mol. The Kier molecular flexibility index (Phi) is 5.78. The Balaban J connectivity index is 2.20. The second-order valence-corrected chi connectivity index (χ2v) is 6.57. The van der Waals surface area contributed by atoms with E-state index in [1.165, 1.54) is 6.92 Å². The first kappa shape index (κ1) is 20.3. The van der Waals surface area contributed by atoms with E-state index in [1.807, 2.05) is 0 Å². The molecule has 0 aliphatic heterocycles. The number of H-pyrrole nitrogens is 1. The van der Waals surface area contributed by atoms with Crippen LogP contribution in [0.25, 0.3) is 0 Å². The third-order valence-corrected chi connectivity index (χ3v) is 4.22. The number of hydrogen-bond acceptors (Lipinski definition) is 7. The smallest absolute Gasteiger partial charge is 0.416 e. The summed E-state index contributed by atoms with van der Waals surface area (Å²) in [4.78, 5) is 40.9. The third kappa shape index (κ3) is 5.00. The molecule has 1 amide bonds. The Labute approximate surface area is 154 Å². The first-order chi connectivity index (χ1) is 12.5. The van der Waals surface area contributed by atoms with Gasteiger partial charge in [-0.2, -0.15) is 13.2 Å². The van der Waals surface area contributed by atoms with Crippen LogP contribution in [0.1, 0.15) is 22.8 Å². The van der Waals surface area contributed by atoms with Crippen LogP contribution < -0.4 is 21.7 Å². The van der Waals surface area contributed by atoms with E-state index >= 15 is 0 Å². The summed E-state index contributed by atoms with van der Waals surface area (Å²) in [6.07, 6.45) is -4.55. The Bertz CT molecular complexity index is 928. The number of benzene rings is 1. The van der Waals surface area contributed by atoms with E-state index in [0.29, 0.717) is 11.8 Å². The number of nitrogens with one attached hydrogen (secondary N) is 2. The van der Waals surface area contributed by atoms with Gasteiger partial charge in [-0.3, -0.25) is 14.6 Å². The van der Waals surface area contributed by atoms with Crippen molar-refractivity contribution in [2.75, 3.05) is 11.1 Å². The van der Waals surface area contributed by atoms with Crippen molar-refractivity contribution in [2.24, 2.45) is 0 Å². The van der Waals surface area contributed by atoms with Crippen LogP contribution in [-0.4, -0.2) is 27.1 Å². The van der Waals surface area contributed by atoms with Crippen molar-refractivity contribution < 1.29 is 27.9 Å². The van der Waals surface area contributed by atoms with Gasteiger partial charge in [-0.1, -0.05) is 11.8 Å². The average molecular weight is 401 g/mol. The molecule has 0 aliphatic rings. The second kappa shape index (κ2) is 7.70. The highest BCUT2D eigenvalue weighted by molar-refractivity contribution is 8.00. The van der Waals surface area contributed by atoms with E-state index < -0.39 is 40.1 Å². The van der Waals surface area contributed by atoms with E-state index in [-0.39, 0.29) is 16.5 Å². The summed E-state index contributed by atoms with van der Waals surface area (Å²) in [5, 5.41) is 11.8. The molecule has 1 aromatic carbocycles. The Morgan fingerprint density at radius 3 is 2.37 bits per heavy atom. The molecule has 1 atom stereocenters. The van der Waals surface area contributed by atoms with Gasteiger partial charge < -0.3 is 21.0 Å². The third-order valence-electron chi connectivity index (χ3n) is 3.26. The number of nitrogen functional groups attached to an aromatic ring is 1. The maximum Gasteiger partial charge on any atom is 0.416 e. The zero-order chi connectivity index (χ0) is 20.4. The van der Waals surface area contributed by atoms with E-state index in [9.17, 15) is 32.7 Å². The Morgan fingerprint density at radius 1 is 1.30 bits per heavy atom. The number of aliphatic carboxylic acids is 1. The molecule has 0 saturated carbocycles. The number of nitrogens with two attached hydrogens (primary N) is 1. The number of nitrogens with zero attached hydrogens (tertiary/aromatic N) is 1. The van der Waals surface area contributed by atoms with Crippen molar-refractivity contribution in [1.82, 2.24) is 9.97 Å². The van der Waals surface area contributed by atoms with E-state index in [2.05, 4.69) is 15.3 Å². The van der Waals surface area contributed by atoms with Gasteiger partial charge in [-0.15, -0.1) is 0 Å². The molecule has 0 aliphatic carbocycles.